The summed E-state index contributed by atoms with van der Waals surface area (Å²) >= 11 is 0. The molecule has 33 heavy (non-hydrogen) atoms. The van der Waals surface area contributed by atoms with E-state index >= 15 is 0 Å². The topological polar surface area (TPSA) is 131 Å². The lowest BCUT2D eigenvalue weighted by molar-refractivity contribution is -0.139. The third-order valence-corrected chi connectivity index (χ3v) is 5.32. The van der Waals surface area contributed by atoms with Crippen LogP contribution in [0.1, 0.15) is 23.3 Å². The van der Waals surface area contributed by atoms with Crippen molar-refractivity contribution in [1.29, 1.82) is 5.41 Å². The number of furan rings is 1. The van der Waals surface area contributed by atoms with Gasteiger partial charge in [-0.1, -0.05) is 18.2 Å². The average molecular weight is 496 g/mol. The molecule has 0 amide bonds. The van der Waals surface area contributed by atoms with Gasteiger partial charge in [-0.15, -0.1) is 24.8 Å². The average Bonchev–Trinajstić information content (AvgIpc) is 3.40. The molecular weight excluding hydrogens is 469 g/mol. The number of hydrogen-bond acceptors (Lipinski definition) is 6. The number of halogens is 2. The summed E-state index contributed by atoms with van der Waals surface area (Å²) in [5.41, 5.74) is 7.09. The highest BCUT2D eigenvalue weighted by Crippen LogP contribution is 2.29. The van der Waals surface area contributed by atoms with Crippen LogP contribution >= 0.6 is 24.8 Å². The van der Waals surface area contributed by atoms with Gasteiger partial charge in [0.2, 0.25) is 0 Å². The fourth-order valence-corrected chi connectivity index (χ4v) is 3.73. The molecule has 1 aromatic heterocycles. The summed E-state index contributed by atoms with van der Waals surface area (Å²) in [7, 11) is 0. The first-order valence-electron chi connectivity index (χ1n) is 10.2. The van der Waals surface area contributed by atoms with Crippen LogP contribution in [0, 0.1) is 5.41 Å². The van der Waals surface area contributed by atoms with Crippen LogP contribution in [-0.2, 0) is 17.6 Å². The van der Waals surface area contributed by atoms with Crippen molar-refractivity contribution in [2.24, 2.45) is 5.73 Å². The molecule has 5 N–H and O–H groups in total. The molecule has 10 heteroatoms. The Balaban J connectivity index is 0.00000193. The van der Waals surface area contributed by atoms with Crippen LogP contribution < -0.4 is 20.5 Å². The highest BCUT2D eigenvalue weighted by Gasteiger charge is 2.17. The fraction of sp³-hybridized carbons (Fsp3) is 0.304. The predicted molar refractivity (Wildman–Crippen MR) is 131 cm³/mol. The standard InChI is InChI=1S/C23H25N3O5.2ClH/c24-23(25)15-2-5-19-16(9-15)12-29-20(19)6-3-14-1-4-17(31-18-7-8-26-11-18)10-21(14)30-13-22(27)28;;/h1-2,4-5,9-10,12,18,26H,3,6-8,11,13H2,(H3,24,25)(H,27,28);2*1H/t18-;;/m0../s1. The number of carboxylic acids is 1. The zero-order chi connectivity index (χ0) is 21.8. The molecule has 4 rings (SSSR count). The Kier molecular flexibility index (Phi) is 9.40. The van der Waals surface area contributed by atoms with Crippen LogP contribution in [0.25, 0.3) is 10.8 Å². The zero-order valence-corrected chi connectivity index (χ0v) is 19.5. The van der Waals surface area contributed by atoms with Crippen molar-refractivity contribution in [1.82, 2.24) is 5.32 Å². The van der Waals surface area contributed by atoms with Crippen LogP contribution in [0.2, 0.25) is 0 Å². The Bertz CT molecular complexity index is 1110. The minimum absolute atomic E-state index is 0. The van der Waals surface area contributed by atoms with Crippen molar-refractivity contribution < 1.29 is 23.8 Å². The number of rotatable bonds is 9. The van der Waals surface area contributed by atoms with E-state index in [2.05, 4.69) is 5.32 Å². The highest BCUT2D eigenvalue weighted by molar-refractivity contribution is 5.99. The van der Waals surface area contributed by atoms with E-state index in [4.69, 9.17) is 30.1 Å². The molecule has 178 valence electrons. The Morgan fingerprint density at radius 1 is 1.21 bits per heavy atom. The van der Waals surface area contributed by atoms with Gasteiger partial charge in [0.25, 0.3) is 0 Å². The zero-order valence-electron chi connectivity index (χ0n) is 17.8. The molecule has 0 aliphatic carbocycles. The molecule has 1 saturated heterocycles. The third kappa shape index (κ3) is 6.54. The minimum Gasteiger partial charge on any atom is -0.489 e. The number of carbonyl (C=O) groups is 1. The van der Waals surface area contributed by atoms with Crippen LogP contribution in [0.4, 0.5) is 0 Å². The Morgan fingerprint density at radius 2 is 2.03 bits per heavy atom. The first-order valence-corrected chi connectivity index (χ1v) is 10.2. The molecule has 1 aliphatic rings. The van der Waals surface area contributed by atoms with Crippen molar-refractivity contribution in [2.75, 3.05) is 19.7 Å². The van der Waals surface area contributed by atoms with Crippen molar-refractivity contribution in [3.05, 3.63) is 59.5 Å². The molecule has 1 fully saturated rings. The number of nitrogens with two attached hydrogens (primary N) is 1. The van der Waals surface area contributed by atoms with Gasteiger partial charge in [0.1, 0.15) is 29.2 Å². The number of carboxylic acid groups (broad SMARTS) is 1. The Labute approximate surface area is 203 Å². The minimum atomic E-state index is -1.03. The number of hydrogen-bond donors (Lipinski definition) is 4. The van der Waals surface area contributed by atoms with Crippen LogP contribution in [0.15, 0.2) is 47.1 Å². The van der Waals surface area contributed by atoms with Gasteiger partial charge in [-0.05, 0) is 37.1 Å². The molecule has 0 bridgehead atoms. The fourth-order valence-electron chi connectivity index (χ4n) is 3.73. The SMILES string of the molecule is Cl.Cl.N=C(N)c1ccc2c(CCc3ccc(O[C@H]4CCNC4)cc3OCC(=O)O)occ2c1. The van der Waals surface area contributed by atoms with Crippen molar-refractivity contribution in [2.45, 2.75) is 25.4 Å². The molecule has 0 saturated carbocycles. The Hall–Kier alpha value is -2.94. The largest absolute Gasteiger partial charge is 0.489 e. The van der Waals surface area contributed by atoms with Gasteiger partial charge in [0.15, 0.2) is 6.61 Å². The maximum atomic E-state index is 11.0. The molecule has 1 aliphatic heterocycles. The second-order valence-electron chi connectivity index (χ2n) is 7.56. The lowest BCUT2D eigenvalue weighted by Gasteiger charge is -2.16. The monoisotopic (exact) mass is 495 g/mol. The summed E-state index contributed by atoms with van der Waals surface area (Å²) in [5, 5.41) is 21.7. The molecular formula is C23H27Cl2N3O5. The first-order chi connectivity index (χ1) is 15.0. The number of fused-ring (bicyclic) bond motifs is 1. The van der Waals surface area contributed by atoms with E-state index in [9.17, 15) is 4.79 Å². The Morgan fingerprint density at radius 3 is 2.73 bits per heavy atom. The predicted octanol–water partition coefficient (Wildman–Crippen LogP) is 3.55. The number of aliphatic carboxylic acids is 1. The quantitative estimate of drug-likeness (QED) is 0.263. The number of aryl methyl sites for hydroxylation is 2. The molecule has 2 aromatic carbocycles. The van der Waals surface area contributed by atoms with Gasteiger partial charge in [-0.3, -0.25) is 5.41 Å². The number of nitrogens with one attached hydrogen (secondary N) is 2. The lowest BCUT2D eigenvalue weighted by Crippen LogP contribution is -2.19. The van der Waals surface area contributed by atoms with Gasteiger partial charge in [0, 0.05) is 35.4 Å². The van der Waals surface area contributed by atoms with Crippen molar-refractivity contribution in [3.8, 4) is 11.5 Å². The molecule has 0 unspecified atom stereocenters. The third-order valence-electron chi connectivity index (χ3n) is 5.32. The molecule has 1 atom stereocenters. The summed E-state index contributed by atoms with van der Waals surface area (Å²) in [6, 6.07) is 11.1. The van der Waals surface area contributed by atoms with E-state index < -0.39 is 12.6 Å². The lowest BCUT2D eigenvalue weighted by atomic mass is 10.0. The maximum absolute atomic E-state index is 11.0. The molecule has 3 aromatic rings. The smallest absolute Gasteiger partial charge is 0.341 e. The number of ether oxygens (including phenoxy) is 2. The first kappa shape index (κ1) is 26.3. The normalized spacial score (nSPS) is 14.8. The second kappa shape index (κ2) is 11.8. The summed E-state index contributed by atoms with van der Waals surface area (Å²) in [4.78, 5) is 11.0. The van der Waals surface area contributed by atoms with E-state index in [0.717, 1.165) is 41.6 Å². The van der Waals surface area contributed by atoms with E-state index in [1.165, 1.54) is 0 Å². The van der Waals surface area contributed by atoms with Gasteiger partial charge in [-0.2, -0.15) is 0 Å². The number of nitrogen functional groups attached to an aromatic ring is 1. The van der Waals surface area contributed by atoms with Crippen molar-refractivity contribution in [3.63, 3.8) is 0 Å². The van der Waals surface area contributed by atoms with Gasteiger partial charge in [-0.25, -0.2) is 4.79 Å². The maximum Gasteiger partial charge on any atom is 0.341 e. The van der Waals surface area contributed by atoms with Gasteiger partial charge in [0.05, 0.1) is 6.26 Å². The van der Waals surface area contributed by atoms with Crippen molar-refractivity contribution >= 4 is 47.4 Å². The summed E-state index contributed by atoms with van der Waals surface area (Å²) in [6.07, 6.45) is 3.92. The van der Waals surface area contributed by atoms with E-state index in [1.54, 1.807) is 18.4 Å². The summed E-state index contributed by atoms with van der Waals surface area (Å²) < 4.78 is 17.3. The van der Waals surface area contributed by atoms with Gasteiger partial charge >= 0.3 is 5.97 Å². The molecule has 0 spiro atoms. The van der Waals surface area contributed by atoms with Crippen LogP contribution in [0.5, 0.6) is 11.5 Å². The van der Waals surface area contributed by atoms with Gasteiger partial charge < -0.3 is 30.0 Å². The molecule has 8 nitrogen and oxygen atoms in total. The summed E-state index contributed by atoms with van der Waals surface area (Å²) in [6.45, 7) is 1.30. The molecule has 0 radical (unpaired) electrons. The number of benzene rings is 2. The van der Waals surface area contributed by atoms with Crippen LogP contribution in [0.3, 0.4) is 0 Å². The second-order valence-corrected chi connectivity index (χ2v) is 7.56. The highest BCUT2D eigenvalue weighted by atomic mass is 35.5. The molecule has 2 heterocycles. The van der Waals surface area contributed by atoms with E-state index in [0.29, 0.717) is 29.9 Å². The van der Waals surface area contributed by atoms with Crippen LogP contribution in [-0.4, -0.2) is 42.7 Å². The number of amidine groups is 1. The van der Waals surface area contributed by atoms with E-state index in [1.807, 2.05) is 24.3 Å². The van der Waals surface area contributed by atoms with E-state index in [-0.39, 0.29) is 36.8 Å². The summed E-state index contributed by atoms with van der Waals surface area (Å²) in [5.74, 6) is 0.960.